The number of rotatable bonds is 6. The van der Waals surface area contributed by atoms with Crippen LogP contribution in [0.15, 0.2) is 24.3 Å². The molecule has 9 nitrogen and oxygen atoms in total. The Morgan fingerprint density at radius 1 is 1.21 bits per heavy atom. The quantitative estimate of drug-likeness (QED) is 0.457. The van der Waals surface area contributed by atoms with Crippen LogP contribution in [0.3, 0.4) is 0 Å². The van der Waals surface area contributed by atoms with Crippen molar-refractivity contribution in [2.24, 2.45) is 11.5 Å². The molecular formula is C25H45N5O4. The molecule has 0 radical (unpaired) electrons. The first-order chi connectivity index (χ1) is 16.1. The number of hydrogen-bond acceptors (Lipinski definition) is 6. The number of primary amides is 2. The second kappa shape index (κ2) is 17.8. The Bertz CT molecular complexity index is 696. The average Bonchev–Trinajstić information content (AvgIpc) is 3.35. The lowest BCUT2D eigenvalue weighted by atomic mass is 10.00. The highest BCUT2D eigenvalue weighted by molar-refractivity contribution is 5.79. The van der Waals surface area contributed by atoms with Gasteiger partial charge in [0.25, 0.3) is 0 Å². The topological polar surface area (TPSA) is 140 Å². The first kappa shape index (κ1) is 31.4. The van der Waals surface area contributed by atoms with Crippen LogP contribution in [0.4, 0.5) is 0 Å². The van der Waals surface area contributed by atoms with Crippen LogP contribution < -0.4 is 26.8 Å². The number of amides is 3. The van der Waals surface area contributed by atoms with E-state index in [2.05, 4.69) is 49.3 Å². The van der Waals surface area contributed by atoms with Gasteiger partial charge in [0.1, 0.15) is 5.75 Å². The maximum absolute atomic E-state index is 11.8. The van der Waals surface area contributed by atoms with Crippen molar-refractivity contribution in [1.82, 2.24) is 15.5 Å². The normalized spacial score (nSPS) is 14.9. The fourth-order valence-electron chi connectivity index (χ4n) is 3.44. The SMILES string of the molecule is CCNC(C)(C)CC(=O)N1CCCC1.CNC(C)C(N)=O.NC=O.c1ccc2c(c1)CCCO2. The molecule has 3 rings (SSSR count). The van der Waals surface area contributed by atoms with Crippen LogP contribution in [0.1, 0.15) is 58.9 Å². The van der Waals surface area contributed by atoms with Gasteiger partial charge in [0.2, 0.25) is 18.2 Å². The Balaban J connectivity index is 0.000000477. The Morgan fingerprint density at radius 3 is 2.26 bits per heavy atom. The van der Waals surface area contributed by atoms with E-state index in [0.29, 0.717) is 12.3 Å². The first-order valence-corrected chi connectivity index (χ1v) is 12.0. The van der Waals surface area contributed by atoms with Crippen LogP contribution in [-0.2, 0) is 20.8 Å². The predicted octanol–water partition coefficient (Wildman–Crippen LogP) is 1.58. The van der Waals surface area contributed by atoms with Gasteiger partial charge in [-0.25, -0.2) is 0 Å². The second-order valence-corrected chi connectivity index (χ2v) is 8.79. The van der Waals surface area contributed by atoms with Gasteiger partial charge in [-0.1, -0.05) is 25.1 Å². The lowest BCUT2D eigenvalue weighted by molar-refractivity contribution is -0.131. The van der Waals surface area contributed by atoms with Gasteiger partial charge in [-0.15, -0.1) is 0 Å². The average molecular weight is 480 g/mol. The zero-order chi connectivity index (χ0) is 26.0. The summed E-state index contributed by atoms with van der Waals surface area (Å²) in [6, 6.07) is 8.04. The molecule has 3 amide bonds. The molecule has 1 fully saturated rings. The Labute approximate surface area is 205 Å². The number of benzene rings is 1. The van der Waals surface area contributed by atoms with Crippen molar-refractivity contribution < 1.29 is 19.1 Å². The lowest BCUT2D eigenvalue weighted by Crippen LogP contribution is -2.44. The van der Waals surface area contributed by atoms with E-state index in [9.17, 15) is 9.59 Å². The van der Waals surface area contributed by atoms with E-state index < -0.39 is 0 Å². The number of hydrogen-bond donors (Lipinski definition) is 4. The highest BCUT2D eigenvalue weighted by Crippen LogP contribution is 2.23. The molecule has 1 aromatic rings. The van der Waals surface area contributed by atoms with Gasteiger partial charge in [-0.2, -0.15) is 0 Å². The first-order valence-electron chi connectivity index (χ1n) is 12.0. The minimum absolute atomic E-state index is 0.0611. The lowest BCUT2D eigenvalue weighted by Gasteiger charge is -2.27. The Morgan fingerprint density at radius 2 is 1.79 bits per heavy atom. The van der Waals surface area contributed by atoms with Crippen molar-refractivity contribution in [3.63, 3.8) is 0 Å². The van der Waals surface area contributed by atoms with Crippen LogP contribution in [0.25, 0.3) is 0 Å². The van der Waals surface area contributed by atoms with Crippen molar-refractivity contribution >= 4 is 18.2 Å². The molecule has 0 aromatic heterocycles. The molecule has 6 N–H and O–H groups in total. The fraction of sp³-hybridized carbons (Fsp3) is 0.640. The second-order valence-electron chi connectivity index (χ2n) is 8.79. The van der Waals surface area contributed by atoms with Gasteiger partial charge in [0.05, 0.1) is 12.6 Å². The molecule has 1 aromatic carbocycles. The van der Waals surface area contributed by atoms with Gasteiger partial charge >= 0.3 is 0 Å². The zero-order valence-corrected chi connectivity index (χ0v) is 21.6. The van der Waals surface area contributed by atoms with Crippen LogP contribution in [0.2, 0.25) is 0 Å². The largest absolute Gasteiger partial charge is 0.493 e. The van der Waals surface area contributed by atoms with Gasteiger partial charge < -0.3 is 31.7 Å². The number of fused-ring (bicyclic) bond motifs is 1. The summed E-state index contributed by atoms with van der Waals surface area (Å²) in [4.78, 5) is 32.5. The minimum Gasteiger partial charge on any atom is -0.493 e. The van der Waals surface area contributed by atoms with E-state index in [1.165, 1.54) is 24.8 Å². The molecule has 0 spiro atoms. The predicted molar refractivity (Wildman–Crippen MR) is 136 cm³/mol. The third kappa shape index (κ3) is 13.8. The molecule has 1 atom stereocenters. The van der Waals surface area contributed by atoms with Crippen molar-refractivity contribution in [3.8, 4) is 5.75 Å². The molecule has 194 valence electrons. The summed E-state index contributed by atoms with van der Waals surface area (Å²) in [7, 11) is 1.69. The van der Waals surface area contributed by atoms with Gasteiger partial charge in [-0.3, -0.25) is 14.4 Å². The summed E-state index contributed by atoms with van der Waals surface area (Å²) in [5.74, 6) is 1.06. The van der Waals surface area contributed by atoms with Crippen molar-refractivity contribution in [2.45, 2.75) is 71.4 Å². The van der Waals surface area contributed by atoms with Gasteiger partial charge in [0, 0.05) is 25.0 Å². The summed E-state index contributed by atoms with van der Waals surface area (Å²) in [5.41, 5.74) is 10.3. The number of likely N-dealkylation sites (tertiary alicyclic amines) is 1. The number of likely N-dealkylation sites (N-methyl/N-ethyl adjacent to an activating group) is 1. The van der Waals surface area contributed by atoms with Crippen molar-refractivity contribution in [3.05, 3.63) is 29.8 Å². The van der Waals surface area contributed by atoms with E-state index in [0.717, 1.165) is 38.4 Å². The van der Waals surface area contributed by atoms with E-state index in [1.54, 1.807) is 14.0 Å². The van der Waals surface area contributed by atoms with Crippen molar-refractivity contribution in [1.29, 1.82) is 0 Å². The Hall–Kier alpha value is -2.65. The highest BCUT2D eigenvalue weighted by Gasteiger charge is 2.25. The molecule has 34 heavy (non-hydrogen) atoms. The number of aryl methyl sites for hydroxylation is 1. The van der Waals surface area contributed by atoms with E-state index in [-0.39, 0.29) is 23.9 Å². The maximum Gasteiger partial charge on any atom is 0.234 e. The number of nitrogens with two attached hydrogens (primary N) is 2. The smallest absolute Gasteiger partial charge is 0.234 e. The van der Waals surface area contributed by atoms with Crippen LogP contribution in [0, 0.1) is 0 Å². The molecule has 9 heteroatoms. The van der Waals surface area contributed by atoms with Crippen LogP contribution >= 0.6 is 0 Å². The number of carbonyl (C=O) groups excluding carboxylic acids is 3. The third-order valence-electron chi connectivity index (χ3n) is 5.39. The van der Waals surface area contributed by atoms with E-state index >= 15 is 0 Å². The van der Waals surface area contributed by atoms with Gasteiger partial charge in [0.15, 0.2) is 0 Å². The van der Waals surface area contributed by atoms with Crippen LogP contribution in [-0.4, -0.2) is 68.0 Å². The monoisotopic (exact) mass is 479 g/mol. The molecule has 1 saturated heterocycles. The third-order valence-corrected chi connectivity index (χ3v) is 5.39. The van der Waals surface area contributed by atoms with Crippen LogP contribution in [0.5, 0.6) is 5.75 Å². The molecule has 2 aliphatic heterocycles. The minimum atomic E-state index is -0.317. The number of ether oxygens (including phenoxy) is 1. The maximum atomic E-state index is 11.8. The molecular weight excluding hydrogens is 434 g/mol. The van der Waals surface area contributed by atoms with E-state index in [1.807, 2.05) is 17.0 Å². The number of nitrogens with one attached hydrogen (secondary N) is 2. The molecule has 1 unspecified atom stereocenters. The number of para-hydroxylation sites is 1. The van der Waals surface area contributed by atoms with E-state index in [4.69, 9.17) is 15.3 Å². The molecule has 0 aliphatic carbocycles. The van der Waals surface area contributed by atoms with Gasteiger partial charge in [-0.05, 0) is 71.7 Å². The summed E-state index contributed by atoms with van der Waals surface area (Å²) in [6.07, 6.45) is 5.55. The van der Waals surface area contributed by atoms with Crippen molar-refractivity contribution in [2.75, 3.05) is 33.3 Å². The summed E-state index contributed by atoms with van der Waals surface area (Å²) in [5, 5.41) is 6.02. The number of nitrogens with zero attached hydrogens (tertiary/aromatic N) is 1. The summed E-state index contributed by atoms with van der Waals surface area (Å²) < 4.78 is 5.42. The molecule has 2 heterocycles. The summed E-state index contributed by atoms with van der Waals surface area (Å²) >= 11 is 0. The standard InChI is InChI=1S/C11H22N2O.C9H10O.C4H10N2O.CH3NO/c1-4-12-11(2,3)9-10(14)13-7-5-6-8-13;1-2-6-9-8(4-1)5-3-7-10-9;1-3(6-2)4(5)7;2-1-3/h12H,4-9H2,1-3H3;1-2,4,6H,3,5,7H2;3,6H,1-2H3,(H2,5,7);1H,(H2,2,3). The highest BCUT2D eigenvalue weighted by atomic mass is 16.5. The Kier molecular flexibility index (Phi) is 16.4. The summed E-state index contributed by atoms with van der Waals surface area (Å²) in [6.45, 7) is 11.7. The fourth-order valence-corrected chi connectivity index (χ4v) is 3.44. The number of carbonyl (C=O) groups is 3. The zero-order valence-electron chi connectivity index (χ0n) is 21.6. The molecule has 0 saturated carbocycles. The molecule has 2 aliphatic rings. The molecule has 0 bridgehead atoms.